The second kappa shape index (κ2) is 4.27. The summed E-state index contributed by atoms with van der Waals surface area (Å²) in [5, 5.41) is 19.0. The maximum Gasteiger partial charge on any atom is 0.155 e. The topological polar surface area (TPSA) is 62.5 Å². The molecule has 0 saturated carbocycles. The first-order valence-corrected chi connectivity index (χ1v) is 5.50. The van der Waals surface area contributed by atoms with E-state index in [2.05, 4.69) is 0 Å². The lowest BCUT2D eigenvalue weighted by atomic mass is 9.80. The predicted molar refractivity (Wildman–Crippen MR) is 62.1 cm³/mol. The summed E-state index contributed by atoms with van der Waals surface area (Å²) in [6.45, 7) is 0. The van der Waals surface area contributed by atoms with Crippen molar-refractivity contribution in [3.63, 3.8) is 0 Å². The maximum absolute atomic E-state index is 10.1. The van der Waals surface area contributed by atoms with Crippen LogP contribution in [0, 0.1) is 11.3 Å². The molecule has 0 aliphatic heterocycles. The lowest BCUT2D eigenvalue weighted by Gasteiger charge is -2.29. The second-order valence-electron chi connectivity index (χ2n) is 4.25. The number of ether oxygens (including phenoxy) is 2. The third kappa shape index (κ3) is 1.94. The van der Waals surface area contributed by atoms with Crippen molar-refractivity contribution < 1.29 is 14.6 Å². The Bertz CT molecular complexity index is 478. The molecular weight excluding hydrogens is 218 g/mol. The first-order chi connectivity index (χ1) is 8.13. The first kappa shape index (κ1) is 11.7. The van der Waals surface area contributed by atoms with Crippen LogP contribution < -0.4 is 9.47 Å². The Balaban J connectivity index is 2.52. The second-order valence-corrected chi connectivity index (χ2v) is 4.25. The molecule has 4 nitrogen and oxygen atoms in total. The molecule has 1 aliphatic carbocycles. The van der Waals surface area contributed by atoms with E-state index in [-0.39, 0.29) is 0 Å². The number of rotatable bonds is 2. The minimum atomic E-state index is -1.29. The smallest absolute Gasteiger partial charge is 0.155 e. The number of aliphatic hydroxyl groups is 1. The van der Waals surface area contributed by atoms with Crippen LogP contribution in [0.2, 0.25) is 0 Å². The van der Waals surface area contributed by atoms with Crippen LogP contribution in [-0.4, -0.2) is 24.9 Å². The Morgan fingerprint density at radius 3 is 2.35 bits per heavy atom. The summed E-state index contributed by atoms with van der Waals surface area (Å²) in [5.74, 6) is 1.50. The van der Waals surface area contributed by atoms with Gasteiger partial charge in [-0.25, -0.2) is 0 Å². The first-order valence-electron chi connectivity index (χ1n) is 5.50. The van der Waals surface area contributed by atoms with Crippen molar-refractivity contribution in [3.8, 4) is 17.6 Å². The normalized spacial score (nSPS) is 22.5. The molecule has 0 saturated heterocycles. The molecule has 2 rings (SSSR count). The lowest BCUT2D eigenvalue weighted by Crippen LogP contribution is -2.34. The molecule has 0 fully saturated rings. The van der Waals surface area contributed by atoms with E-state index in [0.717, 1.165) is 16.9 Å². The SMILES string of the molecule is COc1ccc(OC)c2c1CCC(O)(C#N)C2. The van der Waals surface area contributed by atoms with E-state index in [4.69, 9.17) is 14.7 Å². The van der Waals surface area contributed by atoms with Crippen LogP contribution >= 0.6 is 0 Å². The van der Waals surface area contributed by atoms with E-state index in [9.17, 15) is 5.11 Å². The molecule has 0 bridgehead atoms. The van der Waals surface area contributed by atoms with Gasteiger partial charge in [0.25, 0.3) is 0 Å². The highest BCUT2D eigenvalue weighted by molar-refractivity contribution is 5.51. The zero-order valence-corrected chi connectivity index (χ0v) is 9.99. The van der Waals surface area contributed by atoms with E-state index in [0.29, 0.717) is 25.0 Å². The van der Waals surface area contributed by atoms with Crippen LogP contribution in [0.15, 0.2) is 12.1 Å². The zero-order chi connectivity index (χ0) is 12.5. The Morgan fingerprint density at radius 1 is 1.24 bits per heavy atom. The summed E-state index contributed by atoms with van der Waals surface area (Å²) in [4.78, 5) is 0. The molecule has 1 atom stereocenters. The number of fused-ring (bicyclic) bond motifs is 1. The standard InChI is InChI=1S/C13H15NO3/c1-16-11-3-4-12(17-2)10-7-13(15,8-14)6-5-9(10)11/h3-4,15H,5-7H2,1-2H3. The van der Waals surface area contributed by atoms with Crippen molar-refractivity contribution in [2.45, 2.75) is 24.9 Å². The Morgan fingerprint density at radius 2 is 1.82 bits per heavy atom. The summed E-state index contributed by atoms with van der Waals surface area (Å²) in [6, 6.07) is 5.63. The molecule has 4 heteroatoms. The largest absolute Gasteiger partial charge is 0.496 e. The van der Waals surface area contributed by atoms with Crippen LogP contribution in [0.5, 0.6) is 11.5 Å². The van der Waals surface area contributed by atoms with Gasteiger partial charge >= 0.3 is 0 Å². The van der Waals surface area contributed by atoms with Crippen LogP contribution in [0.3, 0.4) is 0 Å². The van der Waals surface area contributed by atoms with Crippen LogP contribution in [0.1, 0.15) is 17.5 Å². The summed E-state index contributed by atoms with van der Waals surface area (Å²) >= 11 is 0. The highest BCUT2D eigenvalue weighted by Crippen LogP contribution is 2.39. The van der Waals surface area contributed by atoms with E-state index in [1.54, 1.807) is 20.3 Å². The zero-order valence-electron chi connectivity index (χ0n) is 9.99. The predicted octanol–water partition coefficient (Wildman–Crippen LogP) is 1.45. The molecule has 0 spiro atoms. The van der Waals surface area contributed by atoms with Gasteiger partial charge in [-0.3, -0.25) is 0 Å². The number of hydrogen-bond donors (Lipinski definition) is 1. The molecule has 1 unspecified atom stereocenters. The fourth-order valence-corrected chi connectivity index (χ4v) is 2.31. The highest BCUT2D eigenvalue weighted by atomic mass is 16.5. The van der Waals surface area contributed by atoms with E-state index in [1.807, 2.05) is 12.1 Å². The van der Waals surface area contributed by atoms with Gasteiger partial charge in [0.05, 0.1) is 20.3 Å². The Labute approximate surface area is 100 Å². The average Bonchev–Trinajstić information content (AvgIpc) is 2.37. The molecule has 1 aromatic carbocycles. The summed E-state index contributed by atoms with van der Waals surface area (Å²) in [6.07, 6.45) is 1.35. The fraction of sp³-hybridized carbons (Fsp3) is 0.462. The van der Waals surface area contributed by atoms with Crippen molar-refractivity contribution in [3.05, 3.63) is 23.3 Å². The van der Waals surface area contributed by atoms with Crippen LogP contribution in [-0.2, 0) is 12.8 Å². The molecule has 0 radical (unpaired) electrons. The Kier molecular flexibility index (Phi) is 2.95. The van der Waals surface area contributed by atoms with Gasteiger partial charge in [-0.2, -0.15) is 5.26 Å². The average molecular weight is 233 g/mol. The summed E-state index contributed by atoms with van der Waals surface area (Å²) in [7, 11) is 3.20. The number of nitriles is 1. The summed E-state index contributed by atoms with van der Waals surface area (Å²) in [5.41, 5.74) is 0.626. The van der Waals surface area contributed by atoms with Gasteiger partial charge in [0.1, 0.15) is 11.5 Å². The number of methoxy groups -OCH3 is 2. The Hall–Kier alpha value is -1.73. The maximum atomic E-state index is 10.1. The molecular formula is C13H15NO3. The van der Waals surface area contributed by atoms with Crippen molar-refractivity contribution in [1.82, 2.24) is 0 Å². The molecule has 90 valence electrons. The quantitative estimate of drug-likeness (QED) is 0.785. The van der Waals surface area contributed by atoms with Crippen molar-refractivity contribution in [2.75, 3.05) is 14.2 Å². The molecule has 0 heterocycles. The van der Waals surface area contributed by atoms with Gasteiger partial charge in [0.15, 0.2) is 5.60 Å². The van der Waals surface area contributed by atoms with Crippen molar-refractivity contribution in [1.29, 1.82) is 5.26 Å². The number of nitrogens with zero attached hydrogens (tertiary/aromatic N) is 1. The third-order valence-electron chi connectivity index (χ3n) is 3.25. The molecule has 1 aromatic rings. The fourth-order valence-electron chi connectivity index (χ4n) is 2.31. The number of hydrogen-bond acceptors (Lipinski definition) is 4. The molecule has 0 amide bonds. The van der Waals surface area contributed by atoms with E-state index < -0.39 is 5.60 Å². The third-order valence-corrected chi connectivity index (χ3v) is 3.25. The minimum absolute atomic E-state index is 0.291. The van der Waals surface area contributed by atoms with E-state index >= 15 is 0 Å². The van der Waals surface area contributed by atoms with Gasteiger partial charge in [-0.15, -0.1) is 0 Å². The monoisotopic (exact) mass is 233 g/mol. The van der Waals surface area contributed by atoms with Gasteiger partial charge in [-0.1, -0.05) is 0 Å². The molecule has 17 heavy (non-hydrogen) atoms. The lowest BCUT2D eigenvalue weighted by molar-refractivity contribution is 0.0826. The van der Waals surface area contributed by atoms with Gasteiger partial charge in [0.2, 0.25) is 0 Å². The molecule has 1 N–H and O–H groups in total. The summed E-state index contributed by atoms with van der Waals surface area (Å²) < 4.78 is 10.6. The van der Waals surface area contributed by atoms with Crippen LogP contribution in [0.4, 0.5) is 0 Å². The van der Waals surface area contributed by atoms with Crippen molar-refractivity contribution >= 4 is 0 Å². The van der Waals surface area contributed by atoms with Gasteiger partial charge < -0.3 is 14.6 Å². The highest BCUT2D eigenvalue weighted by Gasteiger charge is 2.35. The van der Waals surface area contributed by atoms with Gasteiger partial charge in [0, 0.05) is 17.5 Å². The van der Waals surface area contributed by atoms with Gasteiger partial charge in [-0.05, 0) is 25.0 Å². The van der Waals surface area contributed by atoms with Crippen molar-refractivity contribution in [2.24, 2.45) is 0 Å². The number of benzene rings is 1. The minimum Gasteiger partial charge on any atom is -0.496 e. The van der Waals surface area contributed by atoms with E-state index in [1.165, 1.54) is 0 Å². The van der Waals surface area contributed by atoms with Crippen LogP contribution in [0.25, 0.3) is 0 Å². The molecule has 0 aromatic heterocycles. The molecule has 1 aliphatic rings.